The number of para-hydroxylation sites is 3. The van der Waals surface area contributed by atoms with Crippen molar-refractivity contribution in [3.63, 3.8) is 0 Å². The molecule has 0 N–H and O–H groups in total. The van der Waals surface area contributed by atoms with Crippen LogP contribution in [0.4, 0.5) is 0 Å². The van der Waals surface area contributed by atoms with Crippen LogP contribution in [0.1, 0.15) is 0 Å². The minimum Gasteiger partial charge on any atom is -0.316 e. The van der Waals surface area contributed by atoms with Crippen molar-refractivity contribution >= 4 is 43.6 Å². The van der Waals surface area contributed by atoms with Gasteiger partial charge in [-0.1, -0.05) is 84.9 Å². The number of hydrogen-bond donors (Lipinski definition) is 0. The van der Waals surface area contributed by atoms with Crippen LogP contribution in [0.25, 0.3) is 77.9 Å². The molecule has 0 aliphatic carbocycles. The van der Waals surface area contributed by atoms with Crippen molar-refractivity contribution in [2.75, 3.05) is 0 Å². The minimum atomic E-state index is 0.639. The summed E-state index contributed by atoms with van der Waals surface area (Å²) in [6, 6.07) is 43.9. The number of nitrogens with zero attached hydrogens (tertiary/aromatic N) is 6. The molecule has 9 rings (SSSR count). The first-order valence-corrected chi connectivity index (χ1v) is 14.6. The van der Waals surface area contributed by atoms with Crippen molar-refractivity contribution in [2.45, 2.75) is 0 Å². The van der Waals surface area contributed by atoms with Gasteiger partial charge in [0.2, 0.25) is 5.95 Å². The second-order valence-corrected chi connectivity index (χ2v) is 10.8. The Kier molecular flexibility index (Phi) is 5.40. The maximum absolute atomic E-state index is 5.30. The highest BCUT2D eigenvalue weighted by atomic mass is 15.2. The van der Waals surface area contributed by atoms with Crippen LogP contribution in [0.2, 0.25) is 0 Å². The van der Waals surface area contributed by atoms with E-state index in [4.69, 9.17) is 9.97 Å². The van der Waals surface area contributed by atoms with Crippen LogP contribution >= 0.6 is 0 Å². The summed E-state index contributed by atoms with van der Waals surface area (Å²) in [5.41, 5.74) is 8.15. The Labute approximate surface area is 252 Å². The van der Waals surface area contributed by atoms with Crippen LogP contribution in [0.15, 0.2) is 146 Å². The molecule has 0 aliphatic heterocycles. The number of benzene rings is 5. The van der Waals surface area contributed by atoms with Gasteiger partial charge in [0.25, 0.3) is 0 Å². The monoisotopic (exact) mass is 564 g/mol. The van der Waals surface area contributed by atoms with Gasteiger partial charge in [0.15, 0.2) is 5.82 Å². The molecule has 5 aromatic carbocycles. The molecule has 0 bridgehead atoms. The fraction of sp³-hybridized carbons (Fsp3) is 0. The van der Waals surface area contributed by atoms with E-state index in [0.717, 1.165) is 55.3 Å². The second-order valence-electron chi connectivity index (χ2n) is 10.8. The van der Waals surface area contributed by atoms with Gasteiger partial charge in [0.1, 0.15) is 0 Å². The van der Waals surface area contributed by atoms with Crippen LogP contribution in [0.3, 0.4) is 0 Å². The van der Waals surface area contributed by atoms with E-state index in [0.29, 0.717) is 11.8 Å². The summed E-state index contributed by atoms with van der Waals surface area (Å²) in [4.78, 5) is 19.3. The Hall–Kier alpha value is -6.14. The SMILES string of the molecule is c1ccc(-n2ccc3c2ccc2c4ccccc4n(-c4nc(-c5ccc(-c6ncccn6)cc5)c5ccccc5n4)c23)cc1. The highest BCUT2D eigenvalue weighted by molar-refractivity contribution is 6.18. The molecule has 4 aromatic heterocycles. The third kappa shape index (κ3) is 3.75. The van der Waals surface area contributed by atoms with Gasteiger partial charge in [0, 0.05) is 56.9 Å². The smallest absolute Gasteiger partial charge is 0.235 e. The van der Waals surface area contributed by atoms with Crippen LogP contribution in [0.5, 0.6) is 0 Å². The molecule has 44 heavy (non-hydrogen) atoms. The molecule has 0 aliphatic rings. The Balaban J connectivity index is 1.31. The lowest BCUT2D eigenvalue weighted by Gasteiger charge is -2.12. The van der Waals surface area contributed by atoms with Crippen LogP contribution in [0, 0.1) is 0 Å². The molecule has 0 spiro atoms. The van der Waals surface area contributed by atoms with E-state index < -0.39 is 0 Å². The lowest BCUT2D eigenvalue weighted by atomic mass is 10.0. The molecule has 0 radical (unpaired) electrons. The molecule has 0 amide bonds. The van der Waals surface area contributed by atoms with Gasteiger partial charge in [-0.2, -0.15) is 0 Å². The van der Waals surface area contributed by atoms with Gasteiger partial charge in [0.05, 0.1) is 27.8 Å². The average Bonchev–Trinajstić information content (AvgIpc) is 3.68. The van der Waals surface area contributed by atoms with Crippen molar-refractivity contribution in [3.8, 4) is 34.3 Å². The number of rotatable bonds is 4. The van der Waals surface area contributed by atoms with E-state index in [1.807, 2.05) is 24.3 Å². The van der Waals surface area contributed by atoms with Crippen molar-refractivity contribution in [1.29, 1.82) is 0 Å². The summed E-state index contributed by atoms with van der Waals surface area (Å²) in [6.07, 6.45) is 5.67. The third-order valence-corrected chi connectivity index (χ3v) is 8.31. The lowest BCUT2D eigenvalue weighted by molar-refractivity contribution is 1.02. The number of aromatic nitrogens is 6. The quantitative estimate of drug-likeness (QED) is 0.214. The maximum atomic E-state index is 5.30. The molecular formula is C38H24N6. The fourth-order valence-corrected chi connectivity index (χ4v) is 6.31. The van der Waals surface area contributed by atoms with Crippen LogP contribution in [-0.2, 0) is 0 Å². The zero-order chi connectivity index (χ0) is 29.0. The second kappa shape index (κ2) is 9.71. The third-order valence-electron chi connectivity index (χ3n) is 8.31. The maximum Gasteiger partial charge on any atom is 0.235 e. The fourth-order valence-electron chi connectivity index (χ4n) is 6.31. The topological polar surface area (TPSA) is 61.4 Å². The van der Waals surface area contributed by atoms with Crippen molar-refractivity contribution in [2.24, 2.45) is 0 Å². The Morgan fingerprint density at radius 3 is 2.05 bits per heavy atom. The minimum absolute atomic E-state index is 0.639. The van der Waals surface area contributed by atoms with Gasteiger partial charge in [-0.3, -0.25) is 4.57 Å². The van der Waals surface area contributed by atoms with Gasteiger partial charge in [-0.15, -0.1) is 0 Å². The summed E-state index contributed by atoms with van der Waals surface area (Å²) in [6.45, 7) is 0. The first kappa shape index (κ1) is 24.5. The molecule has 206 valence electrons. The normalized spacial score (nSPS) is 11.6. The molecule has 6 heteroatoms. The largest absolute Gasteiger partial charge is 0.316 e. The van der Waals surface area contributed by atoms with Crippen molar-refractivity contribution in [3.05, 3.63) is 146 Å². The molecule has 0 saturated carbocycles. The Morgan fingerprint density at radius 1 is 0.477 bits per heavy atom. The number of fused-ring (bicyclic) bond motifs is 6. The lowest BCUT2D eigenvalue weighted by Crippen LogP contribution is -2.03. The Morgan fingerprint density at radius 2 is 1.20 bits per heavy atom. The highest BCUT2D eigenvalue weighted by Gasteiger charge is 2.20. The van der Waals surface area contributed by atoms with Gasteiger partial charge >= 0.3 is 0 Å². The van der Waals surface area contributed by atoms with Crippen molar-refractivity contribution in [1.82, 2.24) is 29.1 Å². The predicted octanol–water partition coefficient (Wildman–Crippen LogP) is 8.79. The van der Waals surface area contributed by atoms with Crippen LogP contribution < -0.4 is 0 Å². The molecule has 9 aromatic rings. The van der Waals surface area contributed by atoms with E-state index in [1.54, 1.807) is 12.4 Å². The molecule has 0 saturated heterocycles. The zero-order valence-corrected chi connectivity index (χ0v) is 23.5. The molecular weight excluding hydrogens is 540 g/mol. The van der Waals surface area contributed by atoms with Gasteiger partial charge in [-0.25, -0.2) is 19.9 Å². The molecule has 4 heterocycles. The standard InChI is InChI=1S/C38H24N6/c1-2-9-27(10-3-1)43-24-21-31-33(43)20-19-29-28-11-5-7-14-34(28)44(36(29)31)38-41-32-13-6-4-12-30(32)35(42-38)25-15-17-26(18-16-25)37-39-22-8-23-40-37/h1-24H. The zero-order valence-electron chi connectivity index (χ0n) is 23.5. The first-order chi connectivity index (χ1) is 21.8. The predicted molar refractivity (Wildman–Crippen MR) is 177 cm³/mol. The number of hydrogen-bond acceptors (Lipinski definition) is 4. The van der Waals surface area contributed by atoms with E-state index in [9.17, 15) is 0 Å². The molecule has 0 unspecified atom stereocenters. The summed E-state index contributed by atoms with van der Waals surface area (Å²) in [5.74, 6) is 1.34. The van der Waals surface area contributed by atoms with E-state index in [-0.39, 0.29) is 0 Å². The summed E-state index contributed by atoms with van der Waals surface area (Å²) >= 11 is 0. The first-order valence-electron chi connectivity index (χ1n) is 14.6. The highest BCUT2D eigenvalue weighted by Crippen LogP contribution is 2.38. The summed E-state index contributed by atoms with van der Waals surface area (Å²) in [7, 11) is 0. The molecule has 6 nitrogen and oxygen atoms in total. The summed E-state index contributed by atoms with van der Waals surface area (Å²) in [5, 5.41) is 4.49. The van der Waals surface area contributed by atoms with Gasteiger partial charge < -0.3 is 4.57 Å². The molecule has 0 atom stereocenters. The van der Waals surface area contributed by atoms with E-state index in [2.05, 4.69) is 128 Å². The van der Waals surface area contributed by atoms with E-state index >= 15 is 0 Å². The average molecular weight is 565 g/mol. The molecule has 0 fully saturated rings. The Bertz CT molecular complexity index is 2480. The van der Waals surface area contributed by atoms with Gasteiger partial charge in [-0.05, 0) is 42.5 Å². The van der Waals surface area contributed by atoms with E-state index in [1.165, 1.54) is 10.8 Å². The van der Waals surface area contributed by atoms with Crippen LogP contribution in [-0.4, -0.2) is 29.1 Å². The summed E-state index contributed by atoms with van der Waals surface area (Å²) < 4.78 is 4.46. The van der Waals surface area contributed by atoms with Crippen molar-refractivity contribution < 1.29 is 0 Å².